The molecular formula is C16H25N3O3. The van der Waals surface area contributed by atoms with Crippen LogP contribution in [0.2, 0.25) is 0 Å². The van der Waals surface area contributed by atoms with Gasteiger partial charge in [0.1, 0.15) is 12.4 Å². The fraction of sp³-hybridized carbons (Fsp3) is 0.500. The van der Waals surface area contributed by atoms with Gasteiger partial charge in [-0.15, -0.1) is 0 Å². The Bertz CT molecular complexity index is 483. The highest BCUT2D eigenvalue weighted by Crippen LogP contribution is 2.21. The van der Waals surface area contributed by atoms with E-state index in [2.05, 4.69) is 10.6 Å². The molecule has 3 amide bonds. The summed E-state index contributed by atoms with van der Waals surface area (Å²) in [5.74, 6) is 0.874. The van der Waals surface area contributed by atoms with E-state index in [1.165, 1.54) is 0 Å². The highest BCUT2D eigenvalue weighted by atomic mass is 16.5. The maximum absolute atomic E-state index is 11.6. The van der Waals surface area contributed by atoms with Crippen molar-refractivity contribution in [1.29, 1.82) is 0 Å². The summed E-state index contributed by atoms with van der Waals surface area (Å²) in [6.45, 7) is 5.42. The Labute approximate surface area is 131 Å². The molecule has 0 radical (unpaired) electrons. The second-order valence-electron chi connectivity index (χ2n) is 5.17. The van der Waals surface area contributed by atoms with Crippen LogP contribution in [-0.4, -0.2) is 31.6 Å². The molecule has 22 heavy (non-hydrogen) atoms. The van der Waals surface area contributed by atoms with Crippen LogP contribution in [0.25, 0.3) is 0 Å². The van der Waals surface area contributed by atoms with Gasteiger partial charge < -0.3 is 21.1 Å². The zero-order valence-corrected chi connectivity index (χ0v) is 13.3. The number of unbranched alkanes of at least 4 members (excludes halogenated alkanes) is 1. The number of hydrogen-bond acceptors (Lipinski definition) is 3. The Hall–Kier alpha value is -2.24. The number of nitrogens with one attached hydrogen (secondary N) is 2. The lowest BCUT2D eigenvalue weighted by Crippen LogP contribution is -2.30. The number of nitrogens with two attached hydrogens (primary N) is 1. The van der Waals surface area contributed by atoms with Crippen LogP contribution in [0.15, 0.2) is 18.2 Å². The molecule has 1 aromatic carbocycles. The predicted molar refractivity (Wildman–Crippen MR) is 85.9 cm³/mol. The largest absolute Gasteiger partial charge is 0.491 e. The molecular weight excluding hydrogens is 282 g/mol. The molecule has 0 saturated carbocycles. The number of carbonyl (C=O) groups is 2. The van der Waals surface area contributed by atoms with Gasteiger partial charge in [0.2, 0.25) is 5.91 Å². The number of ether oxygens (including phenoxy) is 1. The smallest absolute Gasteiger partial charge is 0.312 e. The molecule has 0 saturated heterocycles. The van der Waals surface area contributed by atoms with Gasteiger partial charge in [-0.1, -0.05) is 18.2 Å². The quantitative estimate of drug-likeness (QED) is 0.605. The number of amides is 3. The van der Waals surface area contributed by atoms with Crippen LogP contribution in [0.3, 0.4) is 0 Å². The first-order chi connectivity index (χ1) is 10.5. The topological polar surface area (TPSA) is 93.4 Å². The first-order valence-corrected chi connectivity index (χ1v) is 7.49. The fourth-order valence-electron chi connectivity index (χ4n) is 2.08. The molecule has 0 spiro atoms. The molecule has 6 heteroatoms. The molecule has 0 unspecified atom stereocenters. The van der Waals surface area contributed by atoms with E-state index >= 15 is 0 Å². The minimum Gasteiger partial charge on any atom is -0.491 e. The van der Waals surface area contributed by atoms with E-state index in [1.807, 2.05) is 32.0 Å². The number of benzene rings is 1. The lowest BCUT2D eigenvalue weighted by Gasteiger charge is -2.12. The van der Waals surface area contributed by atoms with Crippen molar-refractivity contribution in [2.75, 3.05) is 19.7 Å². The predicted octanol–water partition coefficient (Wildman–Crippen LogP) is 1.64. The number of para-hydroxylation sites is 1. The van der Waals surface area contributed by atoms with Gasteiger partial charge in [0.15, 0.2) is 0 Å². The summed E-state index contributed by atoms with van der Waals surface area (Å²) in [7, 11) is 0. The number of aryl methyl sites for hydroxylation is 2. The number of rotatable bonds is 9. The van der Waals surface area contributed by atoms with Crippen LogP contribution in [-0.2, 0) is 4.79 Å². The molecule has 6 nitrogen and oxygen atoms in total. The Morgan fingerprint density at radius 2 is 1.77 bits per heavy atom. The Morgan fingerprint density at radius 3 is 2.41 bits per heavy atom. The molecule has 122 valence electrons. The third-order valence-electron chi connectivity index (χ3n) is 3.21. The van der Waals surface area contributed by atoms with Crippen molar-refractivity contribution < 1.29 is 14.3 Å². The van der Waals surface area contributed by atoms with E-state index in [9.17, 15) is 9.59 Å². The summed E-state index contributed by atoms with van der Waals surface area (Å²) in [5, 5.41) is 5.30. The summed E-state index contributed by atoms with van der Waals surface area (Å²) in [6, 6.07) is 5.46. The van der Waals surface area contributed by atoms with Crippen LogP contribution in [0.5, 0.6) is 5.75 Å². The van der Waals surface area contributed by atoms with E-state index in [0.29, 0.717) is 32.5 Å². The van der Waals surface area contributed by atoms with Crippen molar-refractivity contribution in [2.45, 2.75) is 33.1 Å². The summed E-state index contributed by atoms with van der Waals surface area (Å²) in [6.07, 6.45) is 1.88. The molecule has 1 aromatic rings. The monoisotopic (exact) mass is 307 g/mol. The standard InChI is InChI=1S/C16H25N3O3/c1-12-6-5-7-13(2)15(12)22-11-10-18-14(20)8-3-4-9-19-16(17)21/h5-7H,3-4,8-11H2,1-2H3,(H,18,20)(H3,17,19,21). The Morgan fingerprint density at radius 1 is 1.09 bits per heavy atom. The van der Waals surface area contributed by atoms with E-state index in [0.717, 1.165) is 23.3 Å². The second kappa shape index (κ2) is 9.65. The Balaban J connectivity index is 2.11. The van der Waals surface area contributed by atoms with Crippen molar-refractivity contribution in [3.05, 3.63) is 29.3 Å². The van der Waals surface area contributed by atoms with E-state index in [4.69, 9.17) is 10.5 Å². The maximum Gasteiger partial charge on any atom is 0.312 e. The summed E-state index contributed by atoms with van der Waals surface area (Å²) < 4.78 is 5.71. The molecule has 0 atom stereocenters. The third kappa shape index (κ3) is 6.97. The molecule has 0 aliphatic heterocycles. The van der Waals surface area contributed by atoms with Crippen molar-refractivity contribution >= 4 is 11.9 Å². The second-order valence-corrected chi connectivity index (χ2v) is 5.17. The van der Waals surface area contributed by atoms with Crippen molar-refractivity contribution in [3.8, 4) is 5.75 Å². The first kappa shape index (κ1) is 17.8. The van der Waals surface area contributed by atoms with E-state index < -0.39 is 6.03 Å². The SMILES string of the molecule is Cc1cccc(C)c1OCCNC(=O)CCCCNC(N)=O. The lowest BCUT2D eigenvalue weighted by molar-refractivity contribution is -0.121. The fourth-order valence-corrected chi connectivity index (χ4v) is 2.08. The third-order valence-corrected chi connectivity index (χ3v) is 3.21. The van der Waals surface area contributed by atoms with Crippen LogP contribution >= 0.6 is 0 Å². The van der Waals surface area contributed by atoms with Gasteiger partial charge in [0, 0.05) is 13.0 Å². The van der Waals surface area contributed by atoms with Crippen molar-refractivity contribution in [1.82, 2.24) is 10.6 Å². The minimum absolute atomic E-state index is 0.0100. The zero-order valence-electron chi connectivity index (χ0n) is 13.3. The molecule has 0 aliphatic carbocycles. The molecule has 4 N–H and O–H groups in total. The molecule has 0 aromatic heterocycles. The first-order valence-electron chi connectivity index (χ1n) is 7.49. The summed E-state index contributed by atoms with van der Waals surface area (Å²) >= 11 is 0. The number of carbonyl (C=O) groups excluding carboxylic acids is 2. The number of hydrogen-bond donors (Lipinski definition) is 3. The number of primary amides is 1. The average Bonchev–Trinajstić information content (AvgIpc) is 2.45. The lowest BCUT2D eigenvalue weighted by atomic mass is 10.1. The molecule has 0 bridgehead atoms. The van der Waals surface area contributed by atoms with Crippen LogP contribution < -0.4 is 21.1 Å². The molecule has 1 rings (SSSR count). The normalized spacial score (nSPS) is 10.1. The average molecular weight is 307 g/mol. The van der Waals surface area contributed by atoms with Gasteiger partial charge >= 0.3 is 6.03 Å². The van der Waals surface area contributed by atoms with Crippen LogP contribution in [0, 0.1) is 13.8 Å². The Kier molecular flexibility index (Phi) is 7.81. The highest BCUT2D eigenvalue weighted by Gasteiger charge is 2.04. The summed E-state index contributed by atoms with van der Waals surface area (Å²) in [5.41, 5.74) is 7.12. The van der Waals surface area contributed by atoms with E-state index in [1.54, 1.807) is 0 Å². The zero-order chi connectivity index (χ0) is 16.4. The van der Waals surface area contributed by atoms with Gasteiger partial charge in [0.05, 0.1) is 6.54 Å². The van der Waals surface area contributed by atoms with Gasteiger partial charge in [-0.05, 0) is 37.8 Å². The van der Waals surface area contributed by atoms with Crippen molar-refractivity contribution in [3.63, 3.8) is 0 Å². The van der Waals surface area contributed by atoms with Crippen LogP contribution in [0.1, 0.15) is 30.4 Å². The van der Waals surface area contributed by atoms with Gasteiger partial charge in [0.25, 0.3) is 0 Å². The van der Waals surface area contributed by atoms with Gasteiger partial charge in [-0.3, -0.25) is 4.79 Å². The summed E-state index contributed by atoms with van der Waals surface area (Å²) in [4.78, 5) is 22.1. The number of urea groups is 1. The highest BCUT2D eigenvalue weighted by molar-refractivity contribution is 5.75. The van der Waals surface area contributed by atoms with Gasteiger partial charge in [-0.2, -0.15) is 0 Å². The molecule has 0 aliphatic rings. The van der Waals surface area contributed by atoms with Crippen molar-refractivity contribution in [2.24, 2.45) is 5.73 Å². The molecule has 0 fully saturated rings. The van der Waals surface area contributed by atoms with Gasteiger partial charge in [-0.25, -0.2) is 4.79 Å². The minimum atomic E-state index is -0.534. The maximum atomic E-state index is 11.6. The molecule has 0 heterocycles. The van der Waals surface area contributed by atoms with E-state index in [-0.39, 0.29) is 5.91 Å². The van der Waals surface area contributed by atoms with Crippen LogP contribution in [0.4, 0.5) is 4.79 Å².